The van der Waals surface area contributed by atoms with Crippen LogP contribution in [0.1, 0.15) is 27.7 Å². The van der Waals surface area contributed by atoms with Gasteiger partial charge in [0.2, 0.25) is 5.78 Å². The first-order chi connectivity index (χ1) is 11.4. The Morgan fingerprint density at radius 2 is 1.67 bits per heavy atom. The maximum absolute atomic E-state index is 6.09. The Balaban J connectivity index is 1.61. The van der Waals surface area contributed by atoms with Crippen LogP contribution in [0, 0.1) is 0 Å². The van der Waals surface area contributed by atoms with Crippen molar-refractivity contribution >= 4 is 18.4 Å². The van der Waals surface area contributed by atoms with Crippen LogP contribution in [0.4, 0.5) is 0 Å². The van der Waals surface area contributed by atoms with Crippen LogP contribution in [0.2, 0.25) is 0 Å². The molecule has 1 fully saturated rings. The maximum atomic E-state index is 6.09. The molecule has 6 heteroatoms. The molecule has 0 atom stereocenters. The van der Waals surface area contributed by atoms with Gasteiger partial charge in [-0.1, -0.05) is 24.3 Å². The summed E-state index contributed by atoms with van der Waals surface area (Å²) in [4.78, 5) is 8.80. The second-order valence-corrected chi connectivity index (χ2v) is 7.16. The van der Waals surface area contributed by atoms with Gasteiger partial charge in [-0.05, 0) is 39.2 Å². The number of rotatable bonds is 2. The monoisotopic (exact) mass is 321 g/mol. The lowest BCUT2D eigenvalue weighted by Gasteiger charge is -2.32. The van der Waals surface area contributed by atoms with Crippen molar-refractivity contribution in [3.63, 3.8) is 0 Å². The molecule has 0 radical (unpaired) electrons. The largest absolute Gasteiger partial charge is 0.494 e. The van der Waals surface area contributed by atoms with Crippen molar-refractivity contribution < 1.29 is 9.31 Å². The van der Waals surface area contributed by atoms with Gasteiger partial charge in [0.05, 0.1) is 16.9 Å². The van der Waals surface area contributed by atoms with Gasteiger partial charge in [-0.15, -0.1) is 0 Å². The minimum absolute atomic E-state index is 0.330. The van der Waals surface area contributed by atoms with Crippen LogP contribution in [-0.4, -0.2) is 32.7 Å². The standard InChI is InChI=1S/C18H20BN3O2/c1-17(2)18(3,4)24-19(23-17)14-8-6-13(7-9-14)15-12-22-11-5-10-20-16(22)21-15/h5-12H,1-4H3. The minimum atomic E-state index is -0.341. The van der Waals surface area contributed by atoms with E-state index in [0.717, 1.165) is 16.7 Å². The smallest absolute Gasteiger partial charge is 0.399 e. The Morgan fingerprint density at radius 3 is 2.29 bits per heavy atom. The summed E-state index contributed by atoms with van der Waals surface area (Å²) in [5.41, 5.74) is 2.29. The maximum Gasteiger partial charge on any atom is 0.494 e. The zero-order valence-corrected chi connectivity index (χ0v) is 14.4. The second kappa shape index (κ2) is 5.16. The van der Waals surface area contributed by atoms with E-state index in [2.05, 4.69) is 37.7 Å². The van der Waals surface area contributed by atoms with E-state index in [1.54, 1.807) is 6.20 Å². The highest BCUT2D eigenvalue weighted by Gasteiger charge is 2.51. The molecule has 1 aliphatic rings. The van der Waals surface area contributed by atoms with Crippen molar-refractivity contribution in [1.29, 1.82) is 0 Å². The minimum Gasteiger partial charge on any atom is -0.399 e. The van der Waals surface area contributed by atoms with Crippen molar-refractivity contribution in [2.45, 2.75) is 38.9 Å². The van der Waals surface area contributed by atoms with Gasteiger partial charge >= 0.3 is 7.12 Å². The van der Waals surface area contributed by atoms with Crippen LogP contribution in [-0.2, 0) is 9.31 Å². The molecule has 1 saturated heterocycles. The fraction of sp³-hybridized carbons (Fsp3) is 0.333. The molecule has 24 heavy (non-hydrogen) atoms. The fourth-order valence-corrected chi connectivity index (χ4v) is 2.76. The number of nitrogens with zero attached hydrogens (tertiary/aromatic N) is 3. The first-order valence-electron chi connectivity index (χ1n) is 8.11. The van der Waals surface area contributed by atoms with Crippen molar-refractivity contribution in [3.05, 3.63) is 48.9 Å². The Bertz CT molecular complexity index is 838. The third-order valence-corrected chi connectivity index (χ3v) is 4.97. The Kier molecular flexibility index (Phi) is 3.30. The molecule has 0 amide bonds. The number of fused-ring (bicyclic) bond motifs is 1. The molecule has 5 nitrogen and oxygen atoms in total. The van der Waals surface area contributed by atoms with E-state index < -0.39 is 0 Å². The van der Waals surface area contributed by atoms with E-state index in [1.807, 2.05) is 47.1 Å². The lowest BCUT2D eigenvalue weighted by molar-refractivity contribution is 0.00578. The molecule has 0 unspecified atom stereocenters. The van der Waals surface area contributed by atoms with Crippen molar-refractivity contribution in [1.82, 2.24) is 14.4 Å². The first-order valence-corrected chi connectivity index (χ1v) is 8.11. The number of benzene rings is 1. The zero-order chi connectivity index (χ0) is 16.9. The lowest BCUT2D eigenvalue weighted by atomic mass is 9.79. The van der Waals surface area contributed by atoms with Crippen molar-refractivity contribution in [3.8, 4) is 11.3 Å². The molecule has 0 aliphatic carbocycles. The summed E-state index contributed by atoms with van der Waals surface area (Å²) in [6.07, 6.45) is 5.66. The highest BCUT2D eigenvalue weighted by atomic mass is 16.7. The van der Waals surface area contributed by atoms with Crippen LogP contribution in [0.5, 0.6) is 0 Å². The molecule has 0 saturated carbocycles. The molecule has 0 N–H and O–H groups in total. The molecule has 2 aromatic heterocycles. The predicted octanol–water partition coefficient (Wildman–Crippen LogP) is 2.70. The van der Waals surface area contributed by atoms with Crippen molar-refractivity contribution in [2.75, 3.05) is 0 Å². The van der Waals surface area contributed by atoms with Gasteiger partial charge in [-0.25, -0.2) is 9.97 Å². The third-order valence-electron chi connectivity index (χ3n) is 4.97. The van der Waals surface area contributed by atoms with Crippen LogP contribution >= 0.6 is 0 Å². The van der Waals surface area contributed by atoms with Crippen LogP contribution in [0.25, 0.3) is 17.0 Å². The molecule has 0 spiro atoms. The van der Waals surface area contributed by atoms with Crippen molar-refractivity contribution in [2.24, 2.45) is 0 Å². The summed E-state index contributed by atoms with van der Waals surface area (Å²) in [5.74, 6) is 0.697. The summed E-state index contributed by atoms with van der Waals surface area (Å²) in [6, 6.07) is 10.0. The Morgan fingerprint density at radius 1 is 1.00 bits per heavy atom. The average molecular weight is 321 g/mol. The highest BCUT2D eigenvalue weighted by molar-refractivity contribution is 6.62. The predicted molar refractivity (Wildman–Crippen MR) is 94.1 cm³/mol. The summed E-state index contributed by atoms with van der Waals surface area (Å²) >= 11 is 0. The highest BCUT2D eigenvalue weighted by Crippen LogP contribution is 2.36. The third kappa shape index (κ3) is 2.42. The first kappa shape index (κ1) is 15.4. The summed E-state index contributed by atoms with van der Waals surface area (Å²) in [6.45, 7) is 8.24. The topological polar surface area (TPSA) is 48.7 Å². The normalized spacial score (nSPS) is 19.1. The van der Waals surface area contributed by atoms with Gasteiger partial charge in [0, 0.05) is 24.2 Å². The van der Waals surface area contributed by atoms with E-state index in [-0.39, 0.29) is 18.3 Å². The molecule has 4 rings (SSSR count). The average Bonchev–Trinajstić information content (AvgIpc) is 3.06. The van der Waals surface area contributed by atoms with E-state index >= 15 is 0 Å². The zero-order valence-electron chi connectivity index (χ0n) is 14.4. The molecule has 0 bridgehead atoms. The van der Waals surface area contributed by atoms with E-state index in [9.17, 15) is 0 Å². The van der Waals surface area contributed by atoms with Gasteiger partial charge in [-0.2, -0.15) is 0 Å². The number of imidazole rings is 1. The van der Waals surface area contributed by atoms with E-state index in [0.29, 0.717) is 5.78 Å². The number of hydrogen-bond acceptors (Lipinski definition) is 4. The summed E-state index contributed by atoms with van der Waals surface area (Å²) in [5, 5.41) is 0. The summed E-state index contributed by atoms with van der Waals surface area (Å²) in [7, 11) is -0.341. The van der Waals surface area contributed by atoms with Gasteiger partial charge in [0.25, 0.3) is 0 Å². The molecule has 122 valence electrons. The quantitative estimate of drug-likeness (QED) is 0.681. The van der Waals surface area contributed by atoms with E-state index in [4.69, 9.17) is 9.31 Å². The van der Waals surface area contributed by atoms with Crippen LogP contribution in [0.3, 0.4) is 0 Å². The number of aromatic nitrogens is 3. The molecule has 3 heterocycles. The van der Waals surface area contributed by atoms with Crippen LogP contribution in [0.15, 0.2) is 48.9 Å². The molecule has 1 aromatic carbocycles. The van der Waals surface area contributed by atoms with Gasteiger partial charge in [-0.3, -0.25) is 4.40 Å². The Labute approximate surface area is 141 Å². The van der Waals surface area contributed by atoms with Gasteiger partial charge in [0.15, 0.2) is 0 Å². The molecular weight excluding hydrogens is 301 g/mol. The SMILES string of the molecule is CC1(C)OB(c2ccc(-c3cn4cccnc4n3)cc2)OC1(C)C. The fourth-order valence-electron chi connectivity index (χ4n) is 2.76. The van der Waals surface area contributed by atoms with Gasteiger partial charge in [0.1, 0.15) is 0 Å². The molecule has 3 aromatic rings. The van der Waals surface area contributed by atoms with Gasteiger partial charge < -0.3 is 9.31 Å². The summed E-state index contributed by atoms with van der Waals surface area (Å²) < 4.78 is 14.1. The lowest BCUT2D eigenvalue weighted by Crippen LogP contribution is -2.41. The number of hydrogen-bond donors (Lipinski definition) is 0. The van der Waals surface area contributed by atoms with E-state index in [1.165, 1.54) is 0 Å². The molecule has 1 aliphatic heterocycles. The second-order valence-electron chi connectivity index (χ2n) is 7.16. The molecular formula is C18H20BN3O2. The Hall–Kier alpha value is -2.18. The van der Waals surface area contributed by atoms with Crippen LogP contribution < -0.4 is 5.46 Å².